The van der Waals surface area contributed by atoms with Crippen LogP contribution >= 0.6 is 0 Å². The van der Waals surface area contributed by atoms with E-state index in [0.29, 0.717) is 5.41 Å². The summed E-state index contributed by atoms with van der Waals surface area (Å²) >= 11 is 0. The molecule has 0 radical (unpaired) electrons. The Hall–Kier alpha value is -2.29. The molecule has 2 fully saturated rings. The summed E-state index contributed by atoms with van der Waals surface area (Å²) in [6.07, 6.45) is 4.78. The summed E-state index contributed by atoms with van der Waals surface area (Å²) in [4.78, 5) is 12.1. The first kappa shape index (κ1) is 13.4. The molecule has 0 aliphatic heterocycles. The second kappa shape index (κ2) is 4.87. The molecule has 2 saturated carbocycles. The minimum atomic E-state index is 0.113. The number of carbonyl (C=O) groups excluding carboxylic acids is 1. The van der Waals surface area contributed by atoms with Gasteiger partial charge >= 0.3 is 0 Å². The zero-order chi connectivity index (χ0) is 15.2. The van der Waals surface area contributed by atoms with Gasteiger partial charge in [0.15, 0.2) is 0 Å². The number of amides is 1. The van der Waals surface area contributed by atoms with E-state index in [1.807, 2.05) is 18.2 Å². The van der Waals surface area contributed by atoms with E-state index < -0.39 is 0 Å². The number of nitrogens with one attached hydrogen (secondary N) is 2. The monoisotopic (exact) mass is 292 g/mol. The van der Waals surface area contributed by atoms with Crippen molar-refractivity contribution in [2.75, 3.05) is 0 Å². The van der Waals surface area contributed by atoms with Crippen LogP contribution in [-0.4, -0.2) is 5.91 Å². The average molecular weight is 292 g/mol. The van der Waals surface area contributed by atoms with Gasteiger partial charge in [0, 0.05) is 5.92 Å². The first-order chi connectivity index (χ1) is 10.7. The summed E-state index contributed by atoms with van der Waals surface area (Å²) in [5.41, 5.74) is 7.88. The van der Waals surface area contributed by atoms with Gasteiger partial charge in [-0.1, -0.05) is 49.4 Å². The maximum atomic E-state index is 12.1. The molecule has 4 rings (SSSR count). The number of carbonyl (C=O) groups is 1. The average Bonchev–Trinajstić information content (AvgIpc) is 3.28. The highest BCUT2D eigenvalue weighted by Gasteiger charge is 2.60. The Bertz CT molecular complexity index is 761. The number of hydrazine groups is 1. The van der Waals surface area contributed by atoms with Crippen LogP contribution in [0.3, 0.4) is 0 Å². The highest BCUT2D eigenvalue weighted by molar-refractivity contribution is 5.87. The van der Waals surface area contributed by atoms with E-state index in [0.717, 1.165) is 17.7 Å². The zero-order valence-electron chi connectivity index (χ0n) is 12.6. The van der Waals surface area contributed by atoms with E-state index in [1.54, 1.807) is 0 Å². The third-order valence-electron chi connectivity index (χ3n) is 5.29. The summed E-state index contributed by atoms with van der Waals surface area (Å²) in [5.74, 6) is 0.319. The molecule has 3 heteroatoms. The van der Waals surface area contributed by atoms with Gasteiger partial charge in [0.25, 0.3) is 0 Å². The highest BCUT2D eigenvalue weighted by atomic mass is 16.2. The van der Waals surface area contributed by atoms with Crippen LogP contribution in [0.25, 0.3) is 16.5 Å². The molecule has 2 N–H and O–H groups in total. The molecule has 0 saturated heterocycles. The molecule has 2 aromatic carbocycles. The Balaban J connectivity index is 1.39. The molecule has 22 heavy (non-hydrogen) atoms. The van der Waals surface area contributed by atoms with Gasteiger partial charge in [-0.15, -0.1) is 0 Å². The molecule has 1 atom stereocenters. The van der Waals surface area contributed by atoms with Crippen molar-refractivity contribution in [1.29, 1.82) is 0 Å². The summed E-state index contributed by atoms with van der Waals surface area (Å²) < 4.78 is 0. The van der Waals surface area contributed by atoms with Crippen molar-refractivity contribution in [2.45, 2.75) is 25.7 Å². The van der Waals surface area contributed by atoms with Crippen molar-refractivity contribution in [3.8, 4) is 0 Å². The first-order valence-electron chi connectivity index (χ1n) is 7.92. The smallest absolute Gasteiger partial charge is 0.242 e. The molecule has 1 unspecified atom stereocenters. The Labute approximate surface area is 130 Å². The van der Waals surface area contributed by atoms with Crippen LogP contribution < -0.4 is 10.9 Å². The lowest BCUT2D eigenvalue weighted by atomic mass is 9.80. The molecule has 0 bridgehead atoms. The normalized spacial score (nSPS) is 21.2. The molecule has 2 aromatic rings. The van der Waals surface area contributed by atoms with E-state index in [9.17, 15) is 4.79 Å². The van der Waals surface area contributed by atoms with Gasteiger partial charge in [-0.3, -0.25) is 15.6 Å². The number of hydrogen-bond acceptors (Lipinski definition) is 2. The maximum absolute atomic E-state index is 12.1. The van der Waals surface area contributed by atoms with E-state index in [1.165, 1.54) is 30.0 Å². The SMILES string of the molecule is C=C(NNC(=O)C1CC12CCC2)c1ccc2ccccc2c1. The third kappa shape index (κ3) is 2.17. The molecule has 1 spiro atoms. The van der Waals surface area contributed by atoms with Crippen LogP contribution in [0.15, 0.2) is 49.0 Å². The number of fused-ring (bicyclic) bond motifs is 1. The fourth-order valence-corrected chi connectivity index (χ4v) is 3.58. The molecule has 112 valence electrons. The highest BCUT2D eigenvalue weighted by Crippen LogP contribution is 2.65. The lowest BCUT2D eigenvalue weighted by Crippen LogP contribution is -2.38. The largest absolute Gasteiger partial charge is 0.299 e. The number of hydrogen-bond donors (Lipinski definition) is 2. The lowest BCUT2D eigenvalue weighted by Gasteiger charge is -2.26. The van der Waals surface area contributed by atoms with Crippen LogP contribution in [0.4, 0.5) is 0 Å². The fourth-order valence-electron chi connectivity index (χ4n) is 3.58. The van der Waals surface area contributed by atoms with Gasteiger partial charge in [-0.05, 0) is 47.1 Å². The summed E-state index contributed by atoms with van der Waals surface area (Å²) in [5, 5.41) is 2.37. The molecule has 0 aromatic heterocycles. The van der Waals surface area contributed by atoms with Crippen molar-refractivity contribution >= 4 is 22.4 Å². The Morgan fingerprint density at radius 2 is 1.86 bits per heavy atom. The minimum Gasteiger partial charge on any atom is -0.299 e. The molecule has 0 heterocycles. The molecule has 2 aliphatic carbocycles. The van der Waals surface area contributed by atoms with E-state index >= 15 is 0 Å². The Kier molecular flexibility index (Phi) is 2.96. The van der Waals surface area contributed by atoms with Gasteiger partial charge in [-0.25, -0.2) is 0 Å². The van der Waals surface area contributed by atoms with Crippen molar-refractivity contribution in [2.24, 2.45) is 11.3 Å². The third-order valence-corrected chi connectivity index (χ3v) is 5.29. The second-order valence-electron chi connectivity index (χ2n) is 6.63. The Morgan fingerprint density at radius 1 is 1.09 bits per heavy atom. The first-order valence-corrected chi connectivity index (χ1v) is 7.92. The van der Waals surface area contributed by atoms with Gasteiger partial charge < -0.3 is 0 Å². The summed E-state index contributed by atoms with van der Waals surface area (Å²) in [6.45, 7) is 4.03. The van der Waals surface area contributed by atoms with Gasteiger partial charge in [0.05, 0.1) is 5.70 Å². The van der Waals surface area contributed by atoms with Crippen molar-refractivity contribution in [3.63, 3.8) is 0 Å². The van der Waals surface area contributed by atoms with Crippen LogP contribution in [0.1, 0.15) is 31.2 Å². The molecule has 3 nitrogen and oxygen atoms in total. The zero-order valence-corrected chi connectivity index (χ0v) is 12.6. The van der Waals surface area contributed by atoms with Gasteiger partial charge in [-0.2, -0.15) is 0 Å². The standard InChI is InChI=1S/C19H20N2O/c1-13(15-8-7-14-5-2-3-6-16(14)11-15)20-21-18(22)17-12-19(17)9-4-10-19/h2-3,5-8,11,17,20H,1,4,9-10,12H2,(H,21,22). The number of rotatable bonds is 4. The van der Waals surface area contributed by atoms with Gasteiger partial charge in [0.1, 0.15) is 0 Å². The van der Waals surface area contributed by atoms with Crippen LogP contribution in [0.5, 0.6) is 0 Å². The summed E-state index contributed by atoms with van der Waals surface area (Å²) in [7, 11) is 0. The van der Waals surface area contributed by atoms with E-state index in [-0.39, 0.29) is 11.8 Å². The lowest BCUT2D eigenvalue weighted by molar-refractivity contribution is -0.124. The summed E-state index contributed by atoms with van der Waals surface area (Å²) in [6, 6.07) is 14.4. The maximum Gasteiger partial charge on any atom is 0.242 e. The number of benzene rings is 2. The second-order valence-corrected chi connectivity index (χ2v) is 6.63. The van der Waals surface area contributed by atoms with Crippen LogP contribution in [0.2, 0.25) is 0 Å². The van der Waals surface area contributed by atoms with E-state index in [2.05, 4.69) is 41.7 Å². The van der Waals surface area contributed by atoms with Crippen molar-refractivity contribution in [1.82, 2.24) is 10.9 Å². The van der Waals surface area contributed by atoms with Gasteiger partial charge in [0.2, 0.25) is 5.91 Å². The topological polar surface area (TPSA) is 41.1 Å². The van der Waals surface area contributed by atoms with Crippen molar-refractivity contribution in [3.05, 3.63) is 54.6 Å². The van der Waals surface area contributed by atoms with Crippen LogP contribution in [-0.2, 0) is 4.79 Å². The quantitative estimate of drug-likeness (QED) is 0.845. The molecular weight excluding hydrogens is 272 g/mol. The molecule has 1 amide bonds. The molecule has 2 aliphatic rings. The van der Waals surface area contributed by atoms with Crippen LogP contribution in [0, 0.1) is 11.3 Å². The fraction of sp³-hybridized carbons (Fsp3) is 0.316. The van der Waals surface area contributed by atoms with Crippen molar-refractivity contribution < 1.29 is 4.79 Å². The molecular formula is C19H20N2O. The predicted molar refractivity (Wildman–Crippen MR) is 88.7 cm³/mol. The van der Waals surface area contributed by atoms with E-state index in [4.69, 9.17) is 0 Å². The predicted octanol–water partition coefficient (Wildman–Crippen LogP) is 3.62. The minimum absolute atomic E-state index is 0.113. The Morgan fingerprint density at radius 3 is 2.55 bits per heavy atom.